The number of esters is 1. The van der Waals surface area contributed by atoms with Gasteiger partial charge in [-0.2, -0.15) is 0 Å². The quantitative estimate of drug-likeness (QED) is 0.463. The van der Waals surface area contributed by atoms with Crippen LogP contribution in [-0.2, 0) is 30.3 Å². The molecule has 0 N–H and O–H groups in total. The number of hydrogen-bond donors (Lipinski definition) is 0. The molecule has 0 fully saturated rings. The molecule has 0 aromatic heterocycles. The second-order valence-corrected chi connectivity index (χ2v) is 6.10. The molecule has 0 bridgehead atoms. The first-order valence-electron chi connectivity index (χ1n) is 7.96. The van der Waals surface area contributed by atoms with Crippen molar-refractivity contribution in [1.29, 1.82) is 0 Å². The van der Waals surface area contributed by atoms with Gasteiger partial charge < -0.3 is 18.9 Å². The van der Waals surface area contributed by atoms with E-state index in [4.69, 9.17) is 18.9 Å². The molecule has 0 unspecified atom stereocenters. The van der Waals surface area contributed by atoms with Crippen LogP contribution in [0.15, 0.2) is 30.3 Å². The van der Waals surface area contributed by atoms with E-state index in [1.807, 2.05) is 51.1 Å². The first kappa shape index (κ1) is 19.6. The van der Waals surface area contributed by atoms with Crippen LogP contribution in [0.4, 0.5) is 0 Å². The molecule has 5 heteroatoms. The Morgan fingerprint density at radius 2 is 1.43 bits per heavy atom. The molecule has 0 heterocycles. The van der Waals surface area contributed by atoms with Crippen LogP contribution in [0.25, 0.3) is 0 Å². The highest BCUT2D eigenvalue weighted by atomic mass is 16.6. The highest BCUT2D eigenvalue weighted by Gasteiger charge is 2.15. The van der Waals surface area contributed by atoms with Crippen molar-refractivity contribution in [1.82, 2.24) is 0 Å². The van der Waals surface area contributed by atoms with Gasteiger partial charge in [-0.1, -0.05) is 30.3 Å². The summed E-state index contributed by atoms with van der Waals surface area (Å²) in [7, 11) is 0. The highest BCUT2D eigenvalue weighted by molar-refractivity contribution is 5.69. The number of hydrogen-bond acceptors (Lipinski definition) is 5. The number of carbonyl (C=O) groups is 1. The second kappa shape index (κ2) is 11.2. The van der Waals surface area contributed by atoms with Gasteiger partial charge in [0.15, 0.2) is 0 Å². The van der Waals surface area contributed by atoms with E-state index >= 15 is 0 Å². The lowest BCUT2D eigenvalue weighted by atomic mass is 10.2. The molecule has 0 aliphatic carbocycles. The molecule has 23 heavy (non-hydrogen) atoms. The zero-order chi connectivity index (χ0) is 17.0. The summed E-state index contributed by atoms with van der Waals surface area (Å²) < 4.78 is 21.4. The Bertz CT molecular complexity index is 425. The Labute approximate surface area is 138 Å². The average Bonchev–Trinajstić information content (AvgIpc) is 2.48. The number of benzene rings is 1. The molecule has 1 aromatic carbocycles. The van der Waals surface area contributed by atoms with E-state index in [9.17, 15) is 4.79 Å². The monoisotopic (exact) mass is 324 g/mol. The van der Waals surface area contributed by atoms with Gasteiger partial charge in [0.25, 0.3) is 0 Å². The van der Waals surface area contributed by atoms with E-state index < -0.39 is 5.60 Å². The fourth-order valence-electron chi connectivity index (χ4n) is 1.75. The van der Waals surface area contributed by atoms with Crippen molar-refractivity contribution in [3.8, 4) is 0 Å². The van der Waals surface area contributed by atoms with Gasteiger partial charge in [0, 0.05) is 0 Å². The fraction of sp³-hybridized carbons (Fsp3) is 0.611. The molecule has 0 aliphatic heterocycles. The molecule has 130 valence electrons. The average molecular weight is 324 g/mol. The first-order chi connectivity index (χ1) is 11.0. The van der Waals surface area contributed by atoms with Gasteiger partial charge in [0.1, 0.15) is 5.60 Å². The minimum absolute atomic E-state index is 0.243. The third-order valence-electron chi connectivity index (χ3n) is 2.73. The van der Waals surface area contributed by atoms with Gasteiger partial charge in [-0.15, -0.1) is 0 Å². The summed E-state index contributed by atoms with van der Waals surface area (Å²) in [5.41, 5.74) is 0.706. The van der Waals surface area contributed by atoms with Crippen molar-refractivity contribution in [2.24, 2.45) is 0 Å². The molecule has 0 saturated heterocycles. The SMILES string of the molecule is CC(C)(C)OC(=O)CCOCCOCCOCc1ccccc1. The van der Waals surface area contributed by atoms with Gasteiger partial charge in [-0.25, -0.2) is 0 Å². The molecule has 1 aromatic rings. The number of carbonyl (C=O) groups excluding carboxylic acids is 1. The van der Waals surface area contributed by atoms with Crippen LogP contribution in [-0.4, -0.2) is 44.6 Å². The normalized spacial score (nSPS) is 11.4. The van der Waals surface area contributed by atoms with Gasteiger partial charge in [-0.05, 0) is 26.3 Å². The van der Waals surface area contributed by atoms with Crippen LogP contribution in [0.5, 0.6) is 0 Å². The lowest BCUT2D eigenvalue weighted by Crippen LogP contribution is -2.24. The van der Waals surface area contributed by atoms with Crippen molar-refractivity contribution in [3.05, 3.63) is 35.9 Å². The lowest BCUT2D eigenvalue weighted by Gasteiger charge is -2.19. The summed E-state index contributed by atoms with van der Waals surface area (Å²) in [6, 6.07) is 10.0. The van der Waals surface area contributed by atoms with E-state index in [1.165, 1.54) is 0 Å². The summed E-state index contributed by atoms with van der Waals surface area (Å²) in [6.45, 7) is 8.51. The van der Waals surface area contributed by atoms with E-state index in [2.05, 4.69) is 0 Å². The highest BCUT2D eigenvalue weighted by Crippen LogP contribution is 2.08. The van der Waals surface area contributed by atoms with Crippen molar-refractivity contribution < 1.29 is 23.7 Å². The largest absolute Gasteiger partial charge is 0.460 e. The summed E-state index contributed by atoms with van der Waals surface area (Å²) in [6.07, 6.45) is 0.261. The van der Waals surface area contributed by atoms with Gasteiger partial charge >= 0.3 is 5.97 Å². The summed E-state index contributed by atoms with van der Waals surface area (Å²) >= 11 is 0. The van der Waals surface area contributed by atoms with E-state index in [0.29, 0.717) is 39.6 Å². The number of rotatable bonds is 11. The summed E-state index contributed by atoms with van der Waals surface area (Å²) in [4.78, 5) is 11.4. The second-order valence-electron chi connectivity index (χ2n) is 6.10. The van der Waals surface area contributed by atoms with Crippen molar-refractivity contribution >= 4 is 5.97 Å². The predicted octanol–water partition coefficient (Wildman–Crippen LogP) is 2.97. The third kappa shape index (κ3) is 11.8. The molecule has 0 spiro atoms. The number of ether oxygens (including phenoxy) is 4. The van der Waals surface area contributed by atoms with E-state index in [1.54, 1.807) is 0 Å². The molecular weight excluding hydrogens is 296 g/mol. The summed E-state index contributed by atoms with van der Waals surface area (Å²) in [5, 5.41) is 0. The van der Waals surface area contributed by atoms with E-state index in [-0.39, 0.29) is 12.4 Å². The Hall–Kier alpha value is -1.43. The van der Waals surface area contributed by atoms with Crippen LogP contribution >= 0.6 is 0 Å². The van der Waals surface area contributed by atoms with Gasteiger partial charge in [0.05, 0.1) is 46.1 Å². The van der Waals surface area contributed by atoms with Gasteiger partial charge in [-0.3, -0.25) is 4.79 Å². The topological polar surface area (TPSA) is 54.0 Å². The van der Waals surface area contributed by atoms with Crippen molar-refractivity contribution in [2.75, 3.05) is 33.0 Å². The molecule has 0 saturated carbocycles. The minimum Gasteiger partial charge on any atom is -0.460 e. The van der Waals surface area contributed by atoms with Crippen LogP contribution < -0.4 is 0 Å². The minimum atomic E-state index is -0.444. The Morgan fingerprint density at radius 1 is 0.870 bits per heavy atom. The molecule has 0 radical (unpaired) electrons. The maximum atomic E-state index is 11.4. The Balaban J connectivity index is 1.86. The Kier molecular flexibility index (Phi) is 9.52. The van der Waals surface area contributed by atoms with Crippen LogP contribution in [0, 0.1) is 0 Å². The smallest absolute Gasteiger partial charge is 0.308 e. The molecule has 0 amide bonds. The molecule has 1 rings (SSSR count). The van der Waals surface area contributed by atoms with Crippen molar-refractivity contribution in [2.45, 2.75) is 39.4 Å². The maximum Gasteiger partial charge on any atom is 0.308 e. The zero-order valence-electron chi connectivity index (χ0n) is 14.4. The molecular formula is C18H28O5. The van der Waals surface area contributed by atoms with Crippen LogP contribution in [0.3, 0.4) is 0 Å². The fourth-order valence-corrected chi connectivity index (χ4v) is 1.75. The van der Waals surface area contributed by atoms with Crippen molar-refractivity contribution in [3.63, 3.8) is 0 Å². The third-order valence-corrected chi connectivity index (χ3v) is 2.73. The standard InChI is InChI=1S/C18H28O5/c1-18(2,3)23-17(19)9-10-20-11-12-21-13-14-22-15-16-7-5-4-6-8-16/h4-8H,9-15H2,1-3H3. The van der Waals surface area contributed by atoms with Gasteiger partial charge in [0.2, 0.25) is 0 Å². The lowest BCUT2D eigenvalue weighted by molar-refractivity contribution is -0.156. The first-order valence-corrected chi connectivity index (χ1v) is 7.96. The molecule has 5 nitrogen and oxygen atoms in total. The van der Waals surface area contributed by atoms with E-state index in [0.717, 1.165) is 5.56 Å². The van der Waals surface area contributed by atoms with Crippen LogP contribution in [0.2, 0.25) is 0 Å². The van der Waals surface area contributed by atoms with Crippen LogP contribution in [0.1, 0.15) is 32.8 Å². The maximum absolute atomic E-state index is 11.4. The molecule has 0 aliphatic rings. The Morgan fingerprint density at radius 3 is 2.04 bits per heavy atom. The summed E-state index contributed by atoms with van der Waals surface area (Å²) in [5.74, 6) is -0.243. The molecule has 0 atom stereocenters. The zero-order valence-corrected chi connectivity index (χ0v) is 14.4. The predicted molar refractivity (Wildman–Crippen MR) is 88.2 cm³/mol.